The van der Waals surface area contributed by atoms with Crippen molar-refractivity contribution in [2.24, 2.45) is 0 Å². The highest BCUT2D eigenvalue weighted by molar-refractivity contribution is 6.10. The lowest BCUT2D eigenvalue weighted by Gasteiger charge is -2.31. The van der Waals surface area contributed by atoms with Crippen LogP contribution in [0.25, 0.3) is 22.3 Å². The SMILES string of the molecule is CCC1(O)C(=O)OCc2c1cc1n(c2=O)Cc2cc3cc(C(=O)c4ccccc4)ccc3nc2-1. The lowest BCUT2D eigenvalue weighted by atomic mass is 9.86. The van der Waals surface area contributed by atoms with Gasteiger partial charge in [-0.3, -0.25) is 9.59 Å². The molecule has 0 bridgehead atoms. The third-order valence-electron chi connectivity index (χ3n) is 6.81. The van der Waals surface area contributed by atoms with E-state index >= 15 is 0 Å². The van der Waals surface area contributed by atoms with Gasteiger partial charge in [0.05, 0.1) is 29.0 Å². The molecule has 2 aliphatic heterocycles. The van der Waals surface area contributed by atoms with Crippen LogP contribution >= 0.6 is 0 Å². The maximum atomic E-state index is 13.3. The van der Waals surface area contributed by atoms with Crippen LogP contribution in [-0.4, -0.2) is 26.4 Å². The number of rotatable bonds is 3. The Labute approximate surface area is 194 Å². The summed E-state index contributed by atoms with van der Waals surface area (Å²) in [4.78, 5) is 43.2. The van der Waals surface area contributed by atoms with Crippen molar-refractivity contribution in [1.29, 1.82) is 0 Å². The molecule has 0 amide bonds. The summed E-state index contributed by atoms with van der Waals surface area (Å²) in [5, 5.41) is 11.8. The highest BCUT2D eigenvalue weighted by atomic mass is 16.6. The van der Waals surface area contributed by atoms with E-state index in [0.717, 1.165) is 10.9 Å². The van der Waals surface area contributed by atoms with Gasteiger partial charge in [-0.2, -0.15) is 0 Å². The lowest BCUT2D eigenvalue weighted by molar-refractivity contribution is -0.172. The van der Waals surface area contributed by atoms with Crippen molar-refractivity contribution in [3.63, 3.8) is 0 Å². The number of fused-ring (bicyclic) bond motifs is 5. The first-order chi connectivity index (χ1) is 16.4. The average Bonchev–Trinajstić information content (AvgIpc) is 3.22. The number of nitrogens with zero attached hydrogens (tertiary/aromatic N) is 2. The van der Waals surface area contributed by atoms with Gasteiger partial charge in [-0.15, -0.1) is 0 Å². The van der Waals surface area contributed by atoms with Crippen molar-refractivity contribution < 1.29 is 19.4 Å². The number of carbonyl (C=O) groups excluding carboxylic acids is 2. The number of pyridine rings is 2. The number of hydrogen-bond acceptors (Lipinski definition) is 6. The molecule has 168 valence electrons. The van der Waals surface area contributed by atoms with E-state index in [0.29, 0.717) is 45.7 Å². The minimum atomic E-state index is -1.85. The molecule has 0 aliphatic carbocycles. The van der Waals surface area contributed by atoms with E-state index in [9.17, 15) is 19.5 Å². The molecule has 2 aliphatic rings. The summed E-state index contributed by atoms with van der Waals surface area (Å²) in [7, 11) is 0. The monoisotopic (exact) mass is 452 g/mol. The van der Waals surface area contributed by atoms with Crippen LogP contribution in [0.3, 0.4) is 0 Å². The van der Waals surface area contributed by atoms with Crippen LogP contribution in [0.15, 0.2) is 65.5 Å². The molecule has 0 radical (unpaired) electrons. The summed E-state index contributed by atoms with van der Waals surface area (Å²) in [6.45, 7) is 1.83. The molecule has 34 heavy (non-hydrogen) atoms. The fraction of sp³-hybridized carbons (Fsp3) is 0.185. The van der Waals surface area contributed by atoms with Crippen molar-refractivity contribution in [2.75, 3.05) is 0 Å². The molecule has 1 atom stereocenters. The van der Waals surface area contributed by atoms with E-state index in [4.69, 9.17) is 9.72 Å². The van der Waals surface area contributed by atoms with Crippen LogP contribution < -0.4 is 5.56 Å². The number of carbonyl (C=O) groups is 2. The van der Waals surface area contributed by atoms with Crippen LogP contribution in [0, 0.1) is 0 Å². The molecule has 7 heteroatoms. The molecule has 0 saturated carbocycles. The zero-order valence-corrected chi connectivity index (χ0v) is 18.4. The molecule has 4 heterocycles. The van der Waals surface area contributed by atoms with E-state index in [2.05, 4.69) is 0 Å². The summed E-state index contributed by atoms with van der Waals surface area (Å²) < 4.78 is 6.71. The van der Waals surface area contributed by atoms with Gasteiger partial charge in [0.15, 0.2) is 11.4 Å². The van der Waals surface area contributed by atoms with Crippen molar-refractivity contribution in [3.05, 3.63) is 98.8 Å². The predicted molar refractivity (Wildman–Crippen MR) is 124 cm³/mol. The first-order valence-electron chi connectivity index (χ1n) is 11.1. The van der Waals surface area contributed by atoms with Gasteiger partial charge in [0.1, 0.15) is 6.61 Å². The van der Waals surface area contributed by atoms with Crippen LogP contribution in [0.5, 0.6) is 0 Å². The summed E-state index contributed by atoms with van der Waals surface area (Å²) in [5.41, 5.74) is 2.33. The standard InChI is InChI=1S/C27H20N2O5/c1-2-27(33)20-12-22-23-18(13-29(22)25(31)19(20)14-34-26(27)32)11-17-10-16(8-9-21(17)28-23)24(30)15-6-4-3-5-7-15/h3-12,33H,2,13-14H2,1H3. The second-order valence-electron chi connectivity index (χ2n) is 8.70. The summed E-state index contributed by atoms with van der Waals surface area (Å²) >= 11 is 0. The molecule has 0 fully saturated rings. The number of benzene rings is 2. The van der Waals surface area contributed by atoms with Gasteiger partial charge in [-0.1, -0.05) is 37.3 Å². The Kier molecular flexibility index (Phi) is 4.34. The highest BCUT2D eigenvalue weighted by Crippen LogP contribution is 2.38. The molecule has 6 rings (SSSR count). The summed E-state index contributed by atoms with van der Waals surface area (Å²) in [6, 6.07) is 18.1. The zero-order valence-electron chi connectivity index (χ0n) is 18.4. The summed E-state index contributed by atoms with van der Waals surface area (Å²) in [6.07, 6.45) is 0.0952. The van der Waals surface area contributed by atoms with Crippen molar-refractivity contribution in [1.82, 2.24) is 9.55 Å². The van der Waals surface area contributed by atoms with E-state index < -0.39 is 11.6 Å². The Morgan fingerprint density at radius 2 is 1.88 bits per heavy atom. The van der Waals surface area contributed by atoms with Gasteiger partial charge < -0.3 is 14.4 Å². The Morgan fingerprint density at radius 3 is 2.65 bits per heavy atom. The average molecular weight is 452 g/mol. The topological polar surface area (TPSA) is 98.5 Å². The van der Waals surface area contributed by atoms with Gasteiger partial charge in [-0.25, -0.2) is 9.78 Å². The predicted octanol–water partition coefficient (Wildman–Crippen LogP) is 3.31. The Balaban J connectivity index is 1.48. The molecule has 4 aromatic rings. The normalized spacial score (nSPS) is 18.2. The van der Waals surface area contributed by atoms with Crippen LogP contribution in [0.1, 0.15) is 46.0 Å². The number of aliphatic hydroxyl groups is 1. The number of cyclic esters (lactones) is 1. The first kappa shape index (κ1) is 20.5. The Morgan fingerprint density at radius 1 is 1.09 bits per heavy atom. The van der Waals surface area contributed by atoms with E-state index in [-0.39, 0.29) is 24.4 Å². The number of aromatic nitrogens is 2. The highest BCUT2D eigenvalue weighted by Gasteiger charge is 2.45. The smallest absolute Gasteiger partial charge is 0.343 e. The van der Waals surface area contributed by atoms with Crippen molar-refractivity contribution >= 4 is 22.7 Å². The van der Waals surface area contributed by atoms with Gasteiger partial charge in [0, 0.05) is 27.6 Å². The van der Waals surface area contributed by atoms with Crippen LogP contribution in [0.4, 0.5) is 0 Å². The molecular formula is C27H20N2O5. The molecular weight excluding hydrogens is 432 g/mol. The first-order valence-corrected chi connectivity index (χ1v) is 11.1. The van der Waals surface area contributed by atoms with Crippen LogP contribution in [0.2, 0.25) is 0 Å². The minimum Gasteiger partial charge on any atom is -0.458 e. The van der Waals surface area contributed by atoms with Gasteiger partial charge >= 0.3 is 5.97 Å². The minimum absolute atomic E-state index is 0.0707. The quantitative estimate of drug-likeness (QED) is 0.333. The van der Waals surface area contributed by atoms with E-state index in [1.807, 2.05) is 30.3 Å². The maximum Gasteiger partial charge on any atom is 0.343 e. The molecule has 7 nitrogen and oxygen atoms in total. The van der Waals surface area contributed by atoms with E-state index in [1.54, 1.807) is 41.8 Å². The van der Waals surface area contributed by atoms with Crippen molar-refractivity contribution in [2.45, 2.75) is 32.1 Å². The fourth-order valence-corrected chi connectivity index (χ4v) is 4.88. The number of ketones is 1. The Hall–Kier alpha value is -4.10. The maximum absolute atomic E-state index is 13.3. The van der Waals surface area contributed by atoms with Crippen molar-refractivity contribution in [3.8, 4) is 11.4 Å². The lowest BCUT2D eigenvalue weighted by Crippen LogP contribution is -2.44. The molecule has 0 spiro atoms. The number of hydrogen-bond donors (Lipinski definition) is 1. The van der Waals surface area contributed by atoms with Crippen LogP contribution in [-0.2, 0) is 28.3 Å². The van der Waals surface area contributed by atoms with Gasteiger partial charge in [0.2, 0.25) is 0 Å². The third-order valence-corrected chi connectivity index (χ3v) is 6.81. The summed E-state index contributed by atoms with van der Waals surface area (Å²) in [5.74, 6) is -0.814. The zero-order chi connectivity index (χ0) is 23.6. The molecule has 0 saturated heterocycles. The van der Waals surface area contributed by atoms with E-state index in [1.165, 1.54) is 0 Å². The fourth-order valence-electron chi connectivity index (χ4n) is 4.88. The molecule has 2 aromatic heterocycles. The molecule has 1 unspecified atom stereocenters. The molecule has 1 N–H and O–H groups in total. The second-order valence-corrected chi connectivity index (χ2v) is 8.70. The van der Waals surface area contributed by atoms with Gasteiger partial charge in [0.25, 0.3) is 5.56 Å². The molecule has 2 aromatic carbocycles. The largest absolute Gasteiger partial charge is 0.458 e. The second kappa shape index (κ2) is 7.20. The third kappa shape index (κ3) is 2.80. The number of esters is 1. The number of ether oxygens (including phenoxy) is 1. The van der Waals surface area contributed by atoms with Gasteiger partial charge in [-0.05, 0) is 36.8 Å². The Bertz CT molecular complexity index is 1590.